The maximum Gasteiger partial charge on any atom is 0.135 e. The minimum Gasteiger partial charge on any atom is -0.393 e. The van der Waals surface area contributed by atoms with E-state index in [1.807, 2.05) is 12.2 Å². The third kappa shape index (κ3) is 2.38. The SMILES string of the molecule is C[C@H]1C[C@@H](O)C[C@@H]2C=CC(C(O)(CO)CO)=C[C@]12C. The van der Waals surface area contributed by atoms with Crippen LogP contribution in [0, 0.1) is 17.3 Å². The molecule has 0 unspecified atom stereocenters. The molecule has 0 aromatic carbocycles. The van der Waals surface area contributed by atoms with Crippen LogP contribution in [0.15, 0.2) is 23.8 Å². The van der Waals surface area contributed by atoms with Gasteiger partial charge in [0.1, 0.15) is 5.60 Å². The number of fused-ring (bicyclic) bond motifs is 1. The summed E-state index contributed by atoms with van der Waals surface area (Å²) in [6.45, 7) is 3.21. The zero-order chi connectivity index (χ0) is 14.3. The van der Waals surface area contributed by atoms with Gasteiger partial charge in [-0.3, -0.25) is 0 Å². The zero-order valence-electron chi connectivity index (χ0n) is 11.6. The van der Waals surface area contributed by atoms with E-state index in [1.165, 1.54) is 0 Å². The summed E-state index contributed by atoms with van der Waals surface area (Å²) < 4.78 is 0. The first kappa shape index (κ1) is 14.7. The molecule has 0 spiro atoms. The summed E-state index contributed by atoms with van der Waals surface area (Å²) in [5.74, 6) is 0.513. The number of hydrogen-bond donors (Lipinski definition) is 4. The molecule has 0 bridgehead atoms. The molecule has 0 aliphatic heterocycles. The summed E-state index contributed by atoms with van der Waals surface area (Å²) in [6, 6.07) is 0. The Hall–Kier alpha value is -0.680. The summed E-state index contributed by atoms with van der Waals surface area (Å²) in [5.41, 5.74) is -1.17. The van der Waals surface area contributed by atoms with Gasteiger partial charge in [0.05, 0.1) is 19.3 Å². The van der Waals surface area contributed by atoms with Crippen molar-refractivity contribution in [1.82, 2.24) is 0 Å². The van der Waals surface area contributed by atoms with E-state index in [2.05, 4.69) is 13.8 Å². The molecule has 1 saturated carbocycles. The van der Waals surface area contributed by atoms with Crippen LogP contribution < -0.4 is 0 Å². The van der Waals surface area contributed by atoms with Crippen molar-refractivity contribution in [3.63, 3.8) is 0 Å². The second-order valence-corrected chi connectivity index (χ2v) is 6.31. The third-order valence-corrected chi connectivity index (χ3v) is 5.05. The van der Waals surface area contributed by atoms with Gasteiger partial charge in [0.2, 0.25) is 0 Å². The first-order valence-electron chi connectivity index (χ1n) is 6.89. The lowest BCUT2D eigenvalue weighted by Gasteiger charge is -2.48. The molecule has 4 heteroatoms. The van der Waals surface area contributed by atoms with Crippen LogP contribution in [0.5, 0.6) is 0 Å². The molecule has 108 valence electrons. The van der Waals surface area contributed by atoms with Crippen molar-refractivity contribution in [2.24, 2.45) is 17.3 Å². The highest BCUT2D eigenvalue weighted by atomic mass is 16.4. The monoisotopic (exact) mass is 268 g/mol. The highest BCUT2D eigenvalue weighted by Crippen LogP contribution is 2.50. The van der Waals surface area contributed by atoms with Crippen molar-refractivity contribution in [3.05, 3.63) is 23.8 Å². The first-order valence-corrected chi connectivity index (χ1v) is 6.89. The fourth-order valence-corrected chi connectivity index (χ4v) is 3.33. The van der Waals surface area contributed by atoms with Crippen LogP contribution in [0.4, 0.5) is 0 Å². The van der Waals surface area contributed by atoms with Gasteiger partial charge in [-0.05, 0) is 35.7 Å². The molecule has 0 aromatic heterocycles. The Morgan fingerprint density at radius 3 is 2.53 bits per heavy atom. The van der Waals surface area contributed by atoms with E-state index in [4.69, 9.17) is 0 Å². The van der Waals surface area contributed by atoms with Gasteiger partial charge in [0.15, 0.2) is 0 Å². The lowest BCUT2D eigenvalue weighted by atomic mass is 9.58. The topological polar surface area (TPSA) is 80.9 Å². The standard InChI is InChI=1S/C15H24O4/c1-10-5-13(18)6-11-3-4-12(7-14(10,11)2)15(19,8-16)9-17/h3-4,7,10-11,13,16-19H,5-6,8-9H2,1-2H3/t10-,11-,13+,14+/m0/s1. The Bertz CT molecular complexity index is 397. The molecule has 4 N–H and O–H groups in total. The highest BCUT2D eigenvalue weighted by Gasteiger charge is 2.45. The fraction of sp³-hybridized carbons (Fsp3) is 0.733. The molecule has 2 aliphatic rings. The number of rotatable bonds is 3. The molecule has 2 aliphatic carbocycles. The Kier molecular flexibility index (Phi) is 3.89. The molecule has 1 fully saturated rings. The smallest absolute Gasteiger partial charge is 0.135 e. The van der Waals surface area contributed by atoms with Gasteiger partial charge in [-0.25, -0.2) is 0 Å². The highest BCUT2D eigenvalue weighted by molar-refractivity contribution is 5.37. The van der Waals surface area contributed by atoms with Gasteiger partial charge in [0.25, 0.3) is 0 Å². The molecule has 4 atom stereocenters. The number of aliphatic hydroxyl groups excluding tert-OH is 3. The maximum absolute atomic E-state index is 10.2. The molecule has 19 heavy (non-hydrogen) atoms. The van der Waals surface area contributed by atoms with Crippen molar-refractivity contribution < 1.29 is 20.4 Å². The first-order chi connectivity index (χ1) is 8.85. The zero-order valence-corrected chi connectivity index (χ0v) is 11.6. The summed E-state index contributed by atoms with van der Waals surface area (Å²) in [5, 5.41) is 38.7. The van der Waals surface area contributed by atoms with Gasteiger partial charge in [-0.2, -0.15) is 0 Å². The second kappa shape index (κ2) is 5.02. The van der Waals surface area contributed by atoms with E-state index in [0.717, 1.165) is 12.8 Å². The van der Waals surface area contributed by atoms with Gasteiger partial charge in [-0.1, -0.05) is 32.1 Å². The van der Waals surface area contributed by atoms with Crippen molar-refractivity contribution in [1.29, 1.82) is 0 Å². The number of allylic oxidation sites excluding steroid dienone is 2. The lowest BCUT2D eigenvalue weighted by molar-refractivity contribution is -0.0283. The van der Waals surface area contributed by atoms with Crippen molar-refractivity contribution >= 4 is 0 Å². The van der Waals surface area contributed by atoms with Crippen LogP contribution in [0.3, 0.4) is 0 Å². The van der Waals surface area contributed by atoms with Gasteiger partial charge >= 0.3 is 0 Å². The van der Waals surface area contributed by atoms with E-state index in [0.29, 0.717) is 5.57 Å². The molecule has 2 rings (SSSR count). The van der Waals surface area contributed by atoms with E-state index in [1.54, 1.807) is 6.08 Å². The average molecular weight is 268 g/mol. The normalized spacial score (nSPS) is 38.8. The van der Waals surface area contributed by atoms with E-state index < -0.39 is 18.8 Å². The summed E-state index contributed by atoms with van der Waals surface area (Å²) >= 11 is 0. The van der Waals surface area contributed by atoms with Crippen molar-refractivity contribution in [2.75, 3.05) is 13.2 Å². The van der Waals surface area contributed by atoms with Gasteiger partial charge < -0.3 is 20.4 Å². The van der Waals surface area contributed by atoms with Crippen LogP contribution in [-0.2, 0) is 0 Å². The lowest BCUT2D eigenvalue weighted by Crippen LogP contribution is -2.45. The molecule has 0 heterocycles. The summed E-state index contributed by atoms with van der Waals surface area (Å²) in [7, 11) is 0. The van der Waals surface area contributed by atoms with E-state index >= 15 is 0 Å². The fourth-order valence-electron chi connectivity index (χ4n) is 3.33. The van der Waals surface area contributed by atoms with Crippen LogP contribution in [0.1, 0.15) is 26.7 Å². The third-order valence-electron chi connectivity index (χ3n) is 5.05. The molecule has 0 saturated heterocycles. The predicted octanol–water partition coefficient (Wildman–Crippen LogP) is 0.612. The molecule has 0 amide bonds. The average Bonchev–Trinajstić information content (AvgIpc) is 2.39. The number of aliphatic hydroxyl groups is 4. The molecular weight excluding hydrogens is 244 g/mol. The van der Waals surface area contributed by atoms with Crippen LogP contribution in [0.2, 0.25) is 0 Å². The van der Waals surface area contributed by atoms with Crippen LogP contribution in [-0.4, -0.2) is 45.3 Å². The summed E-state index contributed by atoms with van der Waals surface area (Å²) in [6.07, 6.45) is 6.91. The molecule has 4 nitrogen and oxygen atoms in total. The Morgan fingerprint density at radius 2 is 1.95 bits per heavy atom. The Labute approximate surface area is 114 Å². The van der Waals surface area contributed by atoms with Crippen molar-refractivity contribution in [3.8, 4) is 0 Å². The van der Waals surface area contributed by atoms with E-state index in [-0.39, 0.29) is 23.4 Å². The largest absolute Gasteiger partial charge is 0.393 e. The molecule has 0 aromatic rings. The van der Waals surface area contributed by atoms with Gasteiger partial charge in [0, 0.05) is 0 Å². The second-order valence-electron chi connectivity index (χ2n) is 6.31. The maximum atomic E-state index is 10.2. The minimum absolute atomic E-state index is 0.151. The minimum atomic E-state index is -1.58. The Morgan fingerprint density at radius 1 is 1.32 bits per heavy atom. The predicted molar refractivity (Wildman–Crippen MR) is 72.3 cm³/mol. The summed E-state index contributed by atoms with van der Waals surface area (Å²) in [4.78, 5) is 0. The van der Waals surface area contributed by atoms with Crippen LogP contribution >= 0.6 is 0 Å². The molecular formula is C15H24O4. The molecule has 0 radical (unpaired) electrons. The quantitative estimate of drug-likeness (QED) is 0.604. The Balaban J connectivity index is 2.35. The van der Waals surface area contributed by atoms with Gasteiger partial charge in [-0.15, -0.1) is 0 Å². The van der Waals surface area contributed by atoms with E-state index in [9.17, 15) is 20.4 Å². The van der Waals surface area contributed by atoms with Crippen molar-refractivity contribution in [2.45, 2.75) is 38.4 Å². The van der Waals surface area contributed by atoms with Crippen LogP contribution in [0.25, 0.3) is 0 Å². The number of hydrogen-bond acceptors (Lipinski definition) is 4.